The molecular formula is C12H19FNO3P. The molecule has 0 aliphatic rings. The van der Waals surface area contributed by atoms with Gasteiger partial charge >= 0.3 is 7.60 Å². The van der Waals surface area contributed by atoms with E-state index in [9.17, 15) is 8.96 Å². The predicted octanol–water partition coefficient (Wildman–Crippen LogP) is 3.09. The van der Waals surface area contributed by atoms with Gasteiger partial charge in [0, 0.05) is 6.04 Å². The van der Waals surface area contributed by atoms with Gasteiger partial charge in [-0.05, 0) is 31.5 Å². The molecule has 0 radical (unpaired) electrons. The molecule has 6 heteroatoms. The van der Waals surface area contributed by atoms with Gasteiger partial charge in [0.15, 0.2) is 0 Å². The first-order valence-corrected chi connectivity index (χ1v) is 7.62. The topological polar surface area (TPSA) is 61.5 Å². The van der Waals surface area contributed by atoms with E-state index in [1.54, 1.807) is 26.0 Å². The van der Waals surface area contributed by atoms with Crippen molar-refractivity contribution in [2.45, 2.75) is 19.9 Å². The van der Waals surface area contributed by atoms with Crippen molar-refractivity contribution >= 4 is 7.60 Å². The van der Waals surface area contributed by atoms with Crippen LogP contribution in [0.25, 0.3) is 0 Å². The number of benzene rings is 1. The normalized spacial score (nSPS) is 13.6. The van der Waals surface area contributed by atoms with Gasteiger partial charge in [-0.15, -0.1) is 0 Å². The quantitative estimate of drug-likeness (QED) is 0.777. The van der Waals surface area contributed by atoms with Crippen molar-refractivity contribution in [2.24, 2.45) is 5.73 Å². The van der Waals surface area contributed by atoms with Gasteiger partial charge in [-0.25, -0.2) is 4.39 Å². The summed E-state index contributed by atoms with van der Waals surface area (Å²) in [5, 5.41) is 0. The van der Waals surface area contributed by atoms with Crippen molar-refractivity contribution in [2.75, 3.05) is 19.4 Å². The van der Waals surface area contributed by atoms with Crippen LogP contribution in [0.4, 0.5) is 4.39 Å². The van der Waals surface area contributed by atoms with Crippen LogP contribution < -0.4 is 5.73 Å². The average Bonchev–Trinajstić information content (AvgIpc) is 2.30. The molecule has 0 saturated carbocycles. The zero-order chi connectivity index (χ0) is 13.6. The Bertz CT molecular complexity index is 400. The van der Waals surface area contributed by atoms with E-state index in [0.29, 0.717) is 18.8 Å². The van der Waals surface area contributed by atoms with Crippen molar-refractivity contribution < 1.29 is 18.0 Å². The third-order valence-corrected chi connectivity index (χ3v) is 4.51. The predicted molar refractivity (Wildman–Crippen MR) is 69.1 cm³/mol. The van der Waals surface area contributed by atoms with E-state index in [0.717, 1.165) is 0 Å². The van der Waals surface area contributed by atoms with Crippen molar-refractivity contribution in [3.05, 3.63) is 35.6 Å². The molecule has 0 unspecified atom stereocenters. The van der Waals surface area contributed by atoms with Crippen LogP contribution in [0.2, 0.25) is 0 Å². The van der Waals surface area contributed by atoms with E-state index in [-0.39, 0.29) is 12.0 Å². The number of hydrogen-bond donors (Lipinski definition) is 1. The molecule has 0 amide bonds. The second-order valence-electron chi connectivity index (χ2n) is 3.79. The lowest BCUT2D eigenvalue weighted by Crippen LogP contribution is -2.17. The smallest absolute Gasteiger partial charge is 0.323 e. The Labute approximate surface area is 107 Å². The lowest BCUT2D eigenvalue weighted by Gasteiger charge is -2.20. The van der Waals surface area contributed by atoms with Crippen LogP contribution in [0, 0.1) is 5.82 Å². The molecule has 0 aliphatic heterocycles. The maximum Gasteiger partial charge on any atom is 0.332 e. The largest absolute Gasteiger partial charge is 0.332 e. The Morgan fingerprint density at radius 2 is 1.72 bits per heavy atom. The summed E-state index contributed by atoms with van der Waals surface area (Å²) in [6.45, 7) is 4.09. The standard InChI is InChI=1S/C12H19FNO3P/c1-3-16-18(15,17-4-2)9-12(14)10-5-7-11(13)8-6-10/h5-8,12H,3-4,9,14H2,1-2H3/t12-/m1/s1. The van der Waals surface area contributed by atoms with Crippen molar-refractivity contribution in [3.63, 3.8) is 0 Å². The van der Waals surface area contributed by atoms with Crippen LogP contribution in [0.5, 0.6) is 0 Å². The molecule has 0 aliphatic carbocycles. The Morgan fingerprint density at radius 3 is 2.17 bits per heavy atom. The fourth-order valence-electron chi connectivity index (χ4n) is 1.59. The summed E-state index contributed by atoms with van der Waals surface area (Å²) in [6, 6.07) is 5.28. The summed E-state index contributed by atoms with van der Waals surface area (Å²) in [5.74, 6) is -0.330. The molecule has 1 rings (SSSR count). The highest BCUT2D eigenvalue weighted by molar-refractivity contribution is 7.53. The van der Waals surface area contributed by atoms with Crippen molar-refractivity contribution in [1.82, 2.24) is 0 Å². The molecular weight excluding hydrogens is 256 g/mol. The molecule has 0 spiro atoms. The van der Waals surface area contributed by atoms with Crippen LogP contribution in [-0.4, -0.2) is 19.4 Å². The summed E-state index contributed by atoms with van der Waals surface area (Å²) in [6.07, 6.45) is 0.0836. The number of rotatable bonds is 7. The monoisotopic (exact) mass is 275 g/mol. The van der Waals surface area contributed by atoms with Gasteiger partial charge in [0.2, 0.25) is 0 Å². The summed E-state index contributed by atoms with van der Waals surface area (Å²) >= 11 is 0. The van der Waals surface area contributed by atoms with E-state index in [2.05, 4.69) is 0 Å². The minimum Gasteiger partial charge on any atom is -0.323 e. The molecule has 0 aromatic heterocycles. The third-order valence-electron chi connectivity index (χ3n) is 2.37. The molecule has 1 atom stereocenters. The van der Waals surface area contributed by atoms with Crippen LogP contribution in [0.1, 0.15) is 25.5 Å². The molecule has 0 saturated heterocycles. The van der Waals surface area contributed by atoms with Gasteiger partial charge in [-0.2, -0.15) is 0 Å². The number of halogens is 1. The highest BCUT2D eigenvalue weighted by atomic mass is 31.2. The van der Waals surface area contributed by atoms with Crippen LogP contribution in [0.15, 0.2) is 24.3 Å². The molecule has 1 aromatic carbocycles. The Morgan fingerprint density at radius 1 is 1.22 bits per heavy atom. The van der Waals surface area contributed by atoms with E-state index >= 15 is 0 Å². The van der Waals surface area contributed by atoms with Crippen LogP contribution in [0.3, 0.4) is 0 Å². The van der Waals surface area contributed by atoms with Gasteiger partial charge in [0.05, 0.1) is 19.4 Å². The average molecular weight is 275 g/mol. The van der Waals surface area contributed by atoms with Crippen LogP contribution >= 0.6 is 7.60 Å². The third kappa shape index (κ3) is 4.50. The maximum atomic E-state index is 12.8. The molecule has 1 aromatic rings. The zero-order valence-corrected chi connectivity index (χ0v) is 11.5. The zero-order valence-electron chi connectivity index (χ0n) is 10.6. The molecule has 0 heterocycles. The SMILES string of the molecule is CCOP(=O)(C[C@@H](N)c1ccc(F)cc1)OCC. The van der Waals surface area contributed by atoms with Gasteiger partial charge < -0.3 is 14.8 Å². The molecule has 102 valence electrons. The second-order valence-corrected chi connectivity index (χ2v) is 5.89. The summed E-state index contributed by atoms with van der Waals surface area (Å²) in [5.41, 5.74) is 6.64. The fraction of sp³-hybridized carbons (Fsp3) is 0.500. The van der Waals surface area contributed by atoms with E-state index in [1.165, 1.54) is 12.1 Å². The fourth-order valence-corrected chi connectivity index (χ4v) is 3.36. The first kappa shape index (κ1) is 15.3. The van der Waals surface area contributed by atoms with Crippen molar-refractivity contribution in [3.8, 4) is 0 Å². The van der Waals surface area contributed by atoms with Gasteiger partial charge in [-0.1, -0.05) is 12.1 Å². The van der Waals surface area contributed by atoms with E-state index in [4.69, 9.17) is 14.8 Å². The Kier molecular flexibility index (Phi) is 5.96. The maximum absolute atomic E-state index is 12.8. The number of hydrogen-bond acceptors (Lipinski definition) is 4. The summed E-state index contributed by atoms with van der Waals surface area (Å²) in [4.78, 5) is 0. The van der Waals surface area contributed by atoms with Crippen molar-refractivity contribution in [1.29, 1.82) is 0 Å². The van der Waals surface area contributed by atoms with Gasteiger partial charge in [-0.3, -0.25) is 4.57 Å². The van der Waals surface area contributed by atoms with E-state index < -0.39 is 13.6 Å². The van der Waals surface area contributed by atoms with E-state index in [1.807, 2.05) is 0 Å². The van der Waals surface area contributed by atoms with Gasteiger partial charge in [0.1, 0.15) is 5.82 Å². The number of nitrogens with two attached hydrogens (primary N) is 1. The molecule has 0 fully saturated rings. The molecule has 4 nitrogen and oxygen atoms in total. The first-order valence-electron chi connectivity index (χ1n) is 5.90. The lowest BCUT2D eigenvalue weighted by molar-refractivity contribution is 0.218. The molecule has 0 bridgehead atoms. The Balaban J connectivity index is 2.74. The highest BCUT2D eigenvalue weighted by Gasteiger charge is 2.27. The minimum atomic E-state index is -3.17. The second kappa shape index (κ2) is 7.00. The Hall–Kier alpha value is -0.740. The molecule has 18 heavy (non-hydrogen) atoms. The summed E-state index contributed by atoms with van der Waals surface area (Å²) < 4.78 is 35.4. The van der Waals surface area contributed by atoms with Gasteiger partial charge in [0.25, 0.3) is 0 Å². The molecule has 2 N–H and O–H groups in total. The first-order chi connectivity index (χ1) is 8.50. The minimum absolute atomic E-state index is 0.0836. The summed E-state index contributed by atoms with van der Waals surface area (Å²) in [7, 11) is -3.17. The highest BCUT2D eigenvalue weighted by Crippen LogP contribution is 2.50. The lowest BCUT2D eigenvalue weighted by atomic mass is 10.1. The van der Waals surface area contributed by atoms with Crippen LogP contribution in [-0.2, 0) is 13.6 Å².